The van der Waals surface area contributed by atoms with E-state index >= 15 is 0 Å². The third kappa shape index (κ3) is 1.84. The van der Waals surface area contributed by atoms with Crippen LogP contribution in [0.5, 0.6) is 11.5 Å². The standard InChI is InChI=1S/C13H13NO2/c1-9-7-10(11-5-3-4-6-14-11)13(15)12(8-9)16-2/h3-8,15H,1-2H3. The summed E-state index contributed by atoms with van der Waals surface area (Å²) in [5, 5.41) is 10.0. The maximum atomic E-state index is 10.0. The molecule has 0 bridgehead atoms. The molecule has 1 aromatic carbocycles. The second kappa shape index (κ2) is 4.23. The Hall–Kier alpha value is -2.03. The van der Waals surface area contributed by atoms with Crippen LogP contribution in [0.1, 0.15) is 5.56 Å². The second-order valence-corrected chi connectivity index (χ2v) is 3.58. The van der Waals surface area contributed by atoms with Crippen LogP contribution in [0.3, 0.4) is 0 Å². The van der Waals surface area contributed by atoms with Gasteiger partial charge in [0.25, 0.3) is 0 Å². The van der Waals surface area contributed by atoms with Crippen molar-refractivity contribution in [2.24, 2.45) is 0 Å². The van der Waals surface area contributed by atoms with Gasteiger partial charge in [0.2, 0.25) is 0 Å². The number of phenolic OH excluding ortho intramolecular Hbond substituents is 1. The fourth-order valence-corrected chi connectivity index (χ4v) is 1.62. The maximum Gasteiger partial charge on any atom is 0.167 e. The average molecular weight is 215 g/mol. The van der Waals surface area contributed by atoms with E-state index in [1.54, 1.807) is 12.3 Å². The maximum absolute atomic E-state index is 10.0. The molecule has 1 N–H and O–H groups in total. The number of hydrogen-bond acceptors (Lipinski definition) is 3. The Balaban J connectivity index is 2.61. The van der Waals surface area contributed by atoms with Gasteiger partial charge in [-0.1, -0.05) is 6.07 Å². The van der Waals surface area contributed by atoms with Crippen LogP contribution in [0.4, 0.5) is 0 Å². The molecular formula is C13H13NO2. The van der Waals surface area contributed by atoms with Gasteiger partial charge in [-0.3, -0.25) is 4.98 Å². The summed E-state index contributed by atoms with van der Waals surface area (Å²) >= 11 is 0. The first-order valence-corrected chi connectivity index (χ1v) is 5.01. The summed E-state index contributed by atoms with van der Waals surface area (Å²) < 4.78 is 5.11. The van der Waals surface area contributed by atoms with E-state index in [0.29, 0.717) is 11.3 Å². The summed E-state index contributed by atoms with van der Waals surface area (Å²) in [6.07, 6.45) is 1.70. The molecule has 0 saturated heterocycles. The van der Waals surface area contributed by atoms with Crippen LogP contribution < -0.4 is 4.74 Å². The predicted octanol–water partition coefficient (Wildman–Crippen LogP) is 2.77. The van der Waals surface area contributed by atoms with Crippen molar-refractivity contribution in [2.75, 3.05) is 7.11 Å². The van der Waals surface area contributed by atoms with Crippen LogP contribution in [0.15, 0.2) is 36.5 Å². The first-order valence-electron chi connectivity index (χ1n) is 5.01. The number of aromatic hydroxyl groups is 1. The van der Waals surface area contributed by atoms with Gasteiger partial charge in [0.05, 0.1) is 12.8 Å². The minimum absolute atomic E-state index is 0.131. The summed E-state index contributed by atoms with van der Waals surface area (Å²) in [7, 11) is 1.54. The third-order valence-corrected chi connectivity index (χ3v) is 2.38. The van der Waals surface area contributed by atoms with Crippen LogP contribution >= 0.6 is 0 Å². The van der Waals surface area contributed by atoms with Crippen LogP contribution in [0, 0.1) is 6.92 Å². The minimum Gasteiger partial charge on any atom is -0.504 e. The molecule has 16 heavy (non-hydrogen) atoms. The molecule has 0 aliphatic carbocycles. The molecule has 1 aromatic heterocycles. The first-order chi connectivity index (χ1) is 7.72. The van der Waals surface area contributed by atoms with Crippen molar-refractivity contribution in [2.45, 2.75) is 6.92 Å². The summed E-state index contributed by atoms with van der Waals surface area (Å²) in [6.45, 7) is 1.95. The molecule has 2 aromatic rings. The molecule has 0 amide bonds. The van der Waals surface area contributed by atoms with Crippen molar-refractivity contribution in [1.29, 1.82) is 0 Å². The molecule has 0 aliphatic heterocycles. The number of aromatic nitrogens is 1. The molecule has 0 spiro atoms. The van der Waals surface area contributed by atoms with Gasteiger partial charge in [-0.05, 0) is 36.8 Å². The number of aryl methyl sites for hydroxylation is 1. The van der Waals surface area contributed by atoms with Crippen LogP contribution in [-0.2, 0) is 0 Å². The zero-order valence-corrected chi connectivity index (χ0v) is 9.27. The lowest BCUT2D eigenvalue weighted by Gasteiger charge is -2.09. The van der Waals surface area contributed by atoms with Crippen LogP contribution in [-0.4, -0.2) is 17.2 Å². The summed E-state index contributed by atoms with van der Waals surface area (Å²) in [5.74, 6) is 0.604. The SMILES string of the molecule is COc1cc(C)cc(-c2ccccn2)c1O. The van der Waals surface area contributed by atoms with Gasteiger partial charge in [-0.15, -0.1) is 0 Å². The van der Waals surface area contributed by atoms with Crippen molar-refractivity contribution in [3.8, 4) is 22.8 Å². The lowest BCUT2D eigenvalue weighted by Crippen LogP contribution is -1.89. The number of rotatable bonds is 2. The second-order valence-electron chi connectivity index (χ2n) is 3.58. The summed E-state index contributed by atoms with van der Waals surface area (Å²) in [4.78, 5) is 4.21. The van der Waals surface area contributed by atoms with Crippen molar-refractivity contribution in [3.05, 3.63) is 42.1 Å². The molecular weight excluding hydrogens is 202 g/mol. The Morgan fingerprint density at radius 3 is 2.69 bits per heavy atom. The van der Waals surface area contributed by atoms with Gasteiger partial charge in [0.15, 0.2) is 11.5 Å². The quantitative estimate of drug-likeness (QED) is 0.837. The Labute approximate surface area is 94.3 Å². The smallest absolute Gasteiger partial charge is 0.167 e. The van der Waals surface area contributed by atoms with Crippen molar-refractivity contribution < 1.29 is 9.84 Å². The average Bonchev–Trinajstić information content (AvgIpc) is 2.33. The fraction of sp³-hybridized carbons (Fsp3) is 0.154. The number of nitrogens with zero attached hydrogens (tertiary/aromatic N) is 1. The Kier molecular flexibility index (Phi) is 2.77. The first kappa shape index (κ1) is 10.5. The van der Waals surface area contributed by atoms with Gasteiger partial charge < -0.3 is 9.84 Å². The van der Waals surface area contributed by atoms with Crippen molar-refractivity contribution >= 4 is 0 Å². The molecule has 0 unspecified atom stereocenters. The summed E-state index contributed by atoms with van der Waals surface area (Å²) in [5.41, 5.74) is 2.45. The normalized spacial score (nSPS) is 10.1. The fourth-order valence-electron chi connectivity index (χ4n) is 1.62. The highest BCUT2D eigenvalue weighted by Crippen LogP contribution is 2.37. The molecule has 0 radical (unpaired) electrons. The highest BCUT2D eigenvalue weighted by Gasteiger charge is 2.11. The van der Waals surface area contributed by atoms with E-state index in [2.05, 4.69) is 4.98 Å². The molecule has 0 atom stereocenters. The Morgan fingerprint density at radius 2 is 2.06 bits per heavy atom. The van der Waals surface area contributed by atoms with E-state index in [1.807, 2.05) is 31.2 Å². The van der Waals surface area contributed by atoms with E-state index in [4.69, 9.17) is 4.74 Å². The van der Waals surface area contributed by atoms with Gasteiger partial charge in [0.1, 0.15) is 0 Å². The van der Waals surface area contributed by atoms with Gasteiger partial charge >= 0.3 is 0 Å². The highest BCUT2D eigenvalue weighted by molar-refractivity contribution is 5.71. The van der Waals surface area contributed by atoms with E-state index in [0.717, 1.165) is 11.3 Å². The molecule has 2 rings (SSSR count). The van der Waals surface area contributed by atoms with E-state index in [-0.39, 0.29) is 5.75 Å². The molecule has 0 saturated carbocycles. The molecule has 82 valence electrons. The number of ether oxygens (including phenoxy) is 1. The molecule has 0 fully saturated rings. The highest BCUT2D eigenvalue weighted by atomic mass is 16.5. The molecule has 1 heterocycles. The minimum atomic E-state index is 0.131. The van der Waals surface area contributed by atoms with E-state index in [1.165, 1.54) is 7.11 Å². The third-order valence-electron chi connectivity index (χ3n) is 2.38. The van der Waals surface area contributed by atoms with Crippen molar-refractivity contribution in [1.82, 2.24) is 4.98 Å². The molecule has 3 nitrogen and oxygen atoms in total. The van der Waals surface area contributed by atoms with Crippen molar-refractivity contribution in [3.63, 3.8) is 0 Å². The zero-order chi connectivity index (χ0) is 11.5. The number of pyridine rings is 1. The number of benzene rings is 1. The Bertz CT molecular complexity index is 495. The van der Waals surface area contributed by atoms with Gasteiger partial charge in [-0.2, -0.15) is 0 Å². The molecule has 3 heteroatoms. The lowest BCUT2D eigenvalue weighted by molar-refractivity contribution is 0.374. The predicted molar refractivity (Wildman–Crippen MR) is 62.6 cm³/mol. The van der Waals surface area contributed by atoms with Crippen LogP contribution in [0.25, 0.3) is 11.3 Å². The number of phenols is 1. The Morgan fingerprint density at radius 1 is 1.25 bits per heavy atom. The van der Waals surface area contributed by atoms with E-state index in [9.17, 15) is 5.11 Å². The van der Waals surface area contributed by atoms with Gasteiger partial charge in [0, 0.05) is 11.8 Å². The topological polar surface area (TPSA) is 42.4 Å². The molecule has 0 aliphatic rings. The monoisotopic (exact) mass is 215 g/mol. The van der Waals surface area contributed by atoms with Crippen LogP contribution in [0.2, 0.25) is 0 Å². The number of methoxy groups -OCH3 is 1. The van der Waals surface area contributed by atoms with Gasteiger partial charge in [-0.25, -0.2) is 0 Å². The largest absolute Gasteiger partial charge is 0.504 e. The lowest BCUT2D eigenvalue weighted by atomic mass is 10.1. The van der Waals surface area contributed by atoms with E-state index < -0.39 is 0 Å². The zero-order valence-electron chi connectivity index (χ0n) is 9.27. The number of hydrogen-bond donors (Lipinski definition) is 1. The summed E-state index contributed by atoms with van der Waals surface area (Å²) in [6, 6.07) is 9.26.